The second-order valence-corrected chi connectivity index (χ2v) is 33.1. The van der Waals surface area contributed by atoms with Gasteiger partial charge in [0.1, 0.15) is 19.3 Å². The van der Waals surface area contributed by atoms with Gasteiger partial charge in [-0.2, -0.15) is 0 Å². The standard InChI is InChI=1S/C82H160O17P2/c1-7-10-12-14-16-18-20-22-24-25-26-27-28-29-30-32-34-42-49-55-61-67-82(87)98-77(70-92-79(84)64-58-52-46-40-36-35-39-45-51-57-63-75(6)9-3)72-96-100(88,89)94-68-76(83)69-95-101(90,91)97-73-78(71-93-80(85)65-59-53-47-43-37-38-44-50-56-62-74(4)5)99-81(86)66-60-54-48-41-33-31-23-21-19-17-15-13-11-8-2/h74-78,83H,7-73H2,1-6H3,(H,88,89)(H,90,91)/t75?,76-,77-,78-/m1/s1. The fraction of sp³-hybridized carbons (Fsp3) is 0.951. The Labute approximate surface area is 619 Å². The summed E-state index contributed by atoms with van der Waals surface area (Å²) in [6.45, 7) is 9.65. The van der Waals surface area contributed by atoms with E-state index in [-0.39, 0.29) is 25.7 Å². The maximum Gasteiger partial charge on any atom is 0.472 e. The Morgan fingerprint density at radius 2 is 0.505 bits per heavy atom. The zero-order valence-electron chi connectivity index (χ0n) is 66.2. The van der Waals surface area contributed by atoms with Gasteiger partial charge in [0.25, 0.3) is 0 Å². The minimum absolute atomic E-state index is 0.108. The lowest BCUT2D eigenvalue weighted by Gasteiger charge is -2.21. The molecule has 0 aliphatic rings. The number of ether oxygens (including phenoxy) is 4. The van der Waals surface area contributed by atoms with Gasteiger partial charge in [-0.3, -0.25) is 37.3 Å². The van der Waals surface area contributed by atoms with E-state index in [1.54, 1.807) is 0 Å². The number of rotatable bonds is 81. The average Bonchev–Trinajstić information content (AvgIpc) is 1.03. The third-order valence-electron chi connectivity index (χ3n) is 19.6. The molecule has 0 rings (SSSR count). The van der Waals surface area contributed by atoms with Crippen LogP contribution in [0.2, 0.25) is 0 Å². The molecular weight excluding hydrogens is 1320 g/mol. The van der Waals surface area contributed by atoms with Crippen molar-refractivity contribution in [3.8, 4) is 0 Å². The number of phosphoric acid groups is 2. The molecule has 0 amide bonds. The Hall–Kier alpha value is -1.94. The largest absolute Gasteiger partial charge is 0.472 e. The molecule has 0 aromatic rings. The SMILES string of the molecule is CCCCCCCCCCCCCCCCCCCCCCCC(=O)O[C@H](COC(=O)CCCCCCCCCCCCC(C)CC)COP(=O)(O)OC[C@@H](O)COP(=O)(O)OC[C@@H](COC(=O)CCCCCCCCCCCC(C)C)OC(=O)CCCCCCCCCCCCCCCC. The third-order valence-corrected chi connectivity index (χ3v) is 21.5. The number of phosphoric ester groups is 2. The molecule has 0 aliphatic heterocycles. The molecule has 0 spiro atoms. The van der Waals surface area contributed by atoms with Gasteiger partial charge >= 0.3 is 39.5 Å². The van der Waals surface area contributed by atoms with Gasteiger partial charge in [0.05, 0.1) is 26.4 Å². The zero-order valence-corrected chi connectivity index (χ0v) is 68.0. The van der Waals surface area contributed by atoms with Crippen LogP contribution in [-0.2, 0) is 65.4 Å². The molecule has 3 unspecified atom stereocenters. The van der Waals surface area contributed by atoms with Crippen molar-refractivity contribution in [3.05, 3.63) is 0 Å². The van der Waals surface area contributed by atoms with Gasteiger partial charge in [-0.15, -0.1) is 0 Å². The molecule has 19 heteroatoms. The summed E-state index contributed by atoms with van der Waals surface area (Å²) in [7, 11) is -9.92. The topological polar surface area (TPSA) is 237 Å². The smallest absolute Gasteiger partial charge is 0.462 e. The van der Waals surface area contributed by atoms with Gasteiger partial charge < -0.3 is 33.8 Å². The first-order chi connectivity index (χ1) is 48.9. The minimum atomic E-state index is -4.96. The molecule has 101 heavy (non-hydrogen) atoms. The van der Waals surface area contributed by atoms with E-state index in [0.717, 1.165) is 102 Å². The molecule has 0 radical (unpaired) electrons. The summed E-state index contributed by atoms with van der Waals surface area (Å²) in [4.78, 5) is 73.1. The van der Waals surface area contributed by atoms with Crippen LogP contribution in [0.25, 0.3) is 0 Å². The molecular formula is C82H160O17P2. The monoisotopic (exact) mass is 1480 g/mol. The van der Waals surface area contributed by atoms with Crippen LogP contribution < -0.4 is 0 Å². The number of unbranched alkanes of at least 4 members (excludes halogenated alkanes) is 50. The van der Waals surface area contributed by atoms with Crippen LogP contribution in [0.5, 0.6) is 0 Å². The summed E-state index contributed by atoms with van der Waals surface area (Å²) < 4.78 is 68.8. The highest BCUT2D eigenvalue weighted by Gasteiger charge is 2.30. The van der Waals surface area contributed by atoms with Crippen molar-refractivity contribution in [2.45, 2.75) is 452 Å². The predicted molar refractivity (Wildman–Crippen MR) is 414 cm³/mol. The van der Waals surface area contributed by atoms with Crippen LogP contribution in [0.3, 0.4) is 0 Å². The number of aliphatic hydroxyl groups excluding tert-OH is 1. The average molecular weight is 1480 g/mol. The summed E-state index contributed by atoms with van der Waals surface area (Å²) >= 11 is 0. The Morgan fingerprint density at radius 3 is 0.752 bits per heavy atom. The second-order valence-electron chi connectivity index (χ2n) is 30.2. The fourth-order valence-corrected chi connectivity index (χ4v) is 14.3. The lowest BCUT2D eigenvalue weighted by molar-refractivity contribution is -0.161. The molecule has 0 saturated heterocycles. The van der Waals surface area contributed by atoms with Gasteiger partial charge in [-0.25, -0.2) is 9.13 Å². The van der Waals surface area contributed by atoms with E-state index in [1.807, 2.05) is 0 Å². The number of hydrogen-bond donors (Lipinski definition) is 3. The predicted octanol–water partition coefficient (Wildman–Crippen LogP) is 24.7. The molecule has 17 nitrogen and oxygen atoms in total. The Kier molecular flexibility index (Phi) is 72.2. The highest BCUT2D eigenvalue weighted by Crippen LogP contribution is 2.45. The van der Waals surface area contributed by atoms with E-state index in [0.29, 0.717) is 25.7 Å². The van der Waals surface area contributed by atoms with E-state index in [9.17, 15) is 43.2 Å². The van der Waals surface area contributed by atoms with Crippen LogP contribution in [0.4, 0.5) is 0 Å². The maximum atomic E-state index is 13.1. The molecule has 0 saturated carbocycles. The van der Waals surface area contributed by atoms with E-state index >= 15 is 0 Å². The maximum absolute atomic E-state index is 13.1. The first-order valence-corrected chi connectivity index (χ1v) is 45.5. The van der Waals surface area contributed by atoms with Gasteiger partial charge in [-0.1, -0.05) is 382 Å². The normalized spacial score (nSPS) is 14.2. The molecule has 3 N–H and O–H groups in total. The Balaban J connectivity index is 5.24. The summed E-state index contributed by atoms with van der Waals surface area (Å²) in [5, 5.41) is 10.7. The van der Waals surface area contributed by atoms with Gasteiger partial charge in [0.2, 0.25) is 0 Å². The van der Waals surface area contributed by atoms with Crippen LogP contribution in [0, 0.1) is 11.8 Å². The summed E-state index contributed by atoms with van der Waals surface area (Å²) in [6.07, 6.45) is 63.8. The Morgan fingerprint density at radius 1 is 0.287 bits per heavy atom. The van der Waals surface area contributed by atoms with Crippen molar-refractivity contribution in [1.29, 1.82) is 0 Å². The van der Waals surface area contributed by atoms with Crippen molar-refractivity contribution < 1.29 is 80.2 Å². The summed E-state index contributed by atoms with van der Waals surface area (Å²) in [5.74, 6) is -0.554. The van der Waals surface area contributed by atoms with Crippen molar-refractivity contribution in [2.24, 2.45) is 11.8 Å². The molecule has 0 heterocycles. The Bertz CT molecular complexity index is 1940. The summed E-state index contributed by atoms with van der Waals surface area (Å²) in [5.41, 5.74) is 0. The molecule has 0 bridgehead atoms. The fourth-order valence-electron chi connectivity index (χ4n) is 12.7. The van der Waals surface area contributed by atoms with Crippen molar-refractivity contribution in [3.63, 3.8) is 0 Å². The molecule has 0 aromatic carbocycles. The quantitative estimate of drug-likeness (QED) is 0.0222. The molecule has 6 atom stereocenters. The van der Waals surface area contributed by atoms with Crippen LogP contribution in [-0.4, -0.2) is 96.7 Å². The third kappa shape index (κ3) is 74.7. The molecule has 0 aliphatic carbocycles. The minimum Gasteiger partial charge on any atom is -0.462 e. The zero-order chi connectivity index (χ0) is 74.2. The van der Waals surface area contributed by atoms with Crippen molar-refractivity contribution >= 4 is 39.5 Å². The van der Waals surface area contributed by atoms with Gasteiger partial charge in [0.15, 0.2) is 12.2 Å². The number of esters is 4. The van der Waals surface area contributed by atoms with Crippen LogP contribution in [0.1, 0.15) is 433 Å². The number of aliphatic hydroxyl groups is 1. The molecule has 600 valence electrons. The molecule has 0 fully saturated rings. The van der Waals surface area contributed by atoms with Crippen molar-refractivity contribution in [1.82, 2.24) is 0 Å². The van der Waals surface area contributed by atoms with E-state index in [1.165, 1.54) is 250 Å². The number of carbonyl (C=O) groups is 4. The number of hydrogen-bond acceptors (Lipinski definition) is 15. The highest BCUT2D eigenvalue weighted by atomic mass is 31.2. The first-order valence-electron chi connectivity index (χ1n) is 42.5. The van der Waals surface area contributed by atoms with Gasteiger partial charge in [-0.05, 0) is 37.5 Å². The highest BCUT2D eigenvalue weighted by molar-refractivity contribution is 7.47. The van der Waals surface area contributed by atoms with E-state index in [2.05, 4.69) is 41.5 Å². The van der Waals surface area contributed by atoms with Crippen LogP contribution in [0.15, 0.2) is 0 Å². The van der Waals surface area contributed by atoms with E-state index < -0.39 is 97.5 Å². The van der Waals surface area contributed by atoms with Crippen LogP contribution >= 0.6 is 15.6 Å². The van der Waals surface area contributed by atoms with E-state index in [4.69, 9.17) is 37.0 Å². The lowest BCUT2D eigenvalue weighted by atomic mass is 9.99. The summed E-state index contributed by atoms with van der Waals surface area (Å²) in [6, 6.07) is 0. The second kappa shape index (κ2) is 73.6. The number of carbonyl (C=O) groups excluding carboxylic acids is 4. The van der Waals surface area contributed by atoms with Gasteiger partial charge in [0, 0.05) is 25.7 Å². The molecule has 0 aromatic heterocycles. The first kappa shape index (κ1) is 99.1. The van der Waals surface area contributed by atoms with Crippen molar-refractivity contribution in [2.75, 3.05) is 39.6 Å². The lowest BCUT2D eigenvalue weighted by Crippen LogP contribution is -2.30.